The van der Waals surface area contributed by atoms with Crippen LogP contribution in [0.25, 0.3) is 5.78 Å². The quantitative estimate of drug-likeness (QED) is 0.605. The number of hydrogen-bond donors (Lipinski definition) is 0. The van der Waals surface area contributed by atoms with E-state index < -0.39 is 23.9 Å². The van der Waals surface area contributed by atoms with E-state index in [1.54, 1.807) is 4.90 Å². The van der Waals surface area contributed by atoms with Crippen molar-refractivity contribution in [3.05, 3.63) is 47.2 Å². The molecule has 0 aromatic carbocycles. The third-order valence-corrected chi connectivity index (χ3v) is 4.95. The van der Waals surface area contributed by atoms with Gasteiger partial charge in [0.05, 0.1) is 11.3 Å². The molecule has 0 aliphatic carbocycles. The molecule has 1 aliphatic rings. The molecule has 3 aromatic rings. The summed E-state index contributed by atoms with van der Waals surface area (Å²) < 4.78 is 67.4. The summed E-state index contributed by atoms with van der Waals surface area (Å²) in [5.41, 5.74) is -0.383. The van der Waals surface area contributed by atoms with Crippen molar-refractivity contribution in [1.82, 2.24) is 24.6 Å². The first-order valence-electron chi connectivity index (χ1n) is 9.02. The normalized spacial score (nSPS) is 18.0. The van der Waals surface area contributed by atoms with Crippen molar-refractivity contribution in [2.75, 3.05) is 18.0 Å². The number of aromatic nitrogens is 5. The van der Waals surface area contributed by atoms with Crippen LogP contribution in [0.3, 0.4) is 0 Å². The molecular formula is C18H17F5N6. The van der Waals surface area contributed by atoms with Crippen LogP contribution < -0.4 is 4.90 Å². The molecule has 0 amide bonds. The first-order chi connectivity index (χ1) is 13.7. The van der Waals surface area contributed by atoms with Gasteiger partial charge in [-0.2, -0.15) is 23.3 Å². The highest BCUT2D eigenvalue weighted by molar-refractivity contribution is 5.45. The molecular weight excluding hydrogens is 395 g/mol. The van der Waals surface area contributed by atoms with Crippen LogP contribution >= 0.6 is 0 Å². The molecule has 0 bridgehead atoms. The Labute approximate surface area is 162 Å². The van der Waals surface area contributed by atoms with Crippen molar-refractivity contribution < 1.29 is 22.0 Å². The number of aryl methyl sites for hydroxylation is 1. The van der Waals surface area contributed by atoms with Crippen molar-refractivity contribution in [3.8, 4) is 0 Å². The average Bonchev–Trinajstić information content (AvgIpc) is 3.15. The molecule has 0 N–H and O–H groups in total. The van der Waals surface area contributed by atoms with Gasteiger partial charge in [0.2, 0.25) is 0 Å². The lowest BCUT2D eigenvalue weighted by molar-refractivity contribution is -0.137. The summed E-state index contributed by atoms with van der Waals surface area (Å²) in [5.74, 6) is 0.0630. The molecule has 1 saturated heterocycles. The van der Waals surface area contributed by atoms with E-state index in [0.717, 1.165) is 12.1 Å². The smallest absolute Gasteiger partial charge is 0.356 e. The summed E-state index contributed by atoms with van der Waals surface area (Å²) in [7, 11) is 0. The van der Waals surface area contributed by atoms with E-state index in [2.05, 4.69) is 20.1 Å². The van der Waals surface area contributed by atoms with Crippen LogP contribution in [-0.4, -0.2) is 37.7 Å². The van der Waals surface area contributed by atoms with Gasteiger partial charge in [0.25, 0.3) is 12.2 Å². The Morgan fingerprint density at radius 3 is 2.66 bits per heavy atom. The van der Waals surface area contributed by atoms with E-state index >= 15 is 0 Å². The topological polar surface area (TPSA) is 59.2 Å². The van der Waals surface area contributed by atoms with E-state index in [1.807, 2.05) is 0 Å². The Morgan fingerprint density at radius 1 is 1.14 bits per heavy atom. The zero-order valence-corrected chi connectivity index (χ0v) is 15.4. The van der Waals surface area contributed by atoms with Crippen molar-refractivity contribution in [2.24, 2.45) is 0 Å². The van der Waals surface area contributed by atoms with E-state index in [4.69, 9.17) is 0 Å². The van der Waals surface area contributed by atoms with E-state index in [1.165, 1.54) is 23.8 Å². The highest BCUT2D eigenvalue weighted by Gasteiger charge is 2.33. The fourth-order valence-corrected chi connectivity index (χ4v) is 3.66. The second kappa shape index (κ2) is 7.20. The summed E-state index contributed by atoms with van der Waals surface area (Å²) >= 11 is 0. The SMILES string of the molecule is Cc1cc(C(F)(F)F)cc(N2CCC[C@H](c3cc(C(F)F)nc4ncnn34)C2)n1. The molecule has 29 heavy (non-hydrogen) atoms. The standard InChI is InChI=1S/C18H17F5N6/c1-10-5-12(18(21,22)23)6-15(26-10)28-4-2-3-11(8-28)14-7-13(16(19)20)27-17-24-9-25-29(14)17/h5-7,9,11,16H,2-4,8H2,1H3/t11-/m0/s1. The Balaban J connectivity index is 1.69. The van der Waals surface area contributed by atoms with Crippen LogP contribution in [0.5, 0.6) is 0 Å². The third kappa shape index (κ3) is 3.85. The summed E-state index contributed by atoms with van der Waals surface area (Å²) in [4.78, 5) is 13.7. The predicted molar refractivity (Wildman–Crippen MR) is 93.9 cm³/mol. The molecule has 4 rings (SSSR count). The highest BCUT2D eigenvalue weighted by Crippen LogP contribution is 2.34. The Morgan fingerprint density at radius 2 is 1.93 bits per heavy atom. The lowest BCUT2D eigenvalue weighted by Crippen LogP contribution is -2.36. The van der Waals surface area contributed by atoms with Crippen LogP contribution in [0, 0.1) is 6.92 Å². The highest BCUT2D eigenvalue weighted by atomic mass is 19.4. The zero-order valence-electron chi connectivity index (χ0n) is 15.4. The van der Waals surface area contributed by atoms with E-state index in [-0.39, 0.29) is 23.2 Å². The summed E-state index contributed by atoms with van der Waals surface area (Å²) in [6.07, 6.45) is -4.65. The Hall–Kier alpha value is -2.85. The van der Waals surface area contributed by atoms with Crippen LogP contribution in [0.1, 0.15) is 47.8 Å². The van der Waals surface area contributed by atoms with Gasteiger partial charge in [-0.15, -0.1) is 0 Å². The minimum absolute atomic E-state index is 0.0722. The monoisotopic (exact) mass is 412 g/mol. The van der Waals surface area contributed by atoms with Crippen molar-refractivity contribution in [3.63, 3.8) is 0 Å². The molecule has 6 nitrogen and oxygen atoms in total. The molecule has 3 aromatic heterocycles. The van der Waals surface area contributed by atoms with Crippen molar-refractivity contribution >= 4 is 11.6 Å². The van der Waals surface area contributed by atoms with Crippen molar-refractivity contribution in [2.45, 2.75) is 38.3 Å². The molecule has 1 fully saturated rings. The largest absolute Gasteiger partial charge is 0.416 e. The molecule has 1 aliphatic heterocycles. The number of halogens is 5. The van der Waals surface area contributed by atoms with Crippen LogP contribution in [0.15, 0.2) is 24.5 Å². The van der Waals surface area contributed by atoms with Gasteiger partial charge in [-0.1, -0.05) is 0 Å². The lowest BCUT2D eigenvalue weighted by Gasteiger charge is -2.34. The number of fused-ring (bicyclic) bond motifs is 1. The van der Waals surface area contributed by atoms with Crippen LogP contribution in [0.2, 0.25) is 0 Å². The minimum Gasteiger partial charge on any atom is -0.356 e. The first-order valence-corrected chi connectivity index (χ1v) is 9.02. The molecule has 154 valence electrons. The molecule has 4 heterocycles. The first kappa shape index (κ1) is 19.5. The molecule has 0 radical (unpaired) electrons. The lowest BCUT2D eigenvalue weighted by atomic mass is 9.94. The maximum atomic E-state index is 13.2. The number of hydrogen-bond acceptors (Lipinski definition) is 5. The number of rotatable bonds is 3. The summed E-state index contributed by atoms with van der Waals surface area (Å²) in [6.45, 7) is 2.36. The van der Waals surface area contributed by atoms with Gasteiger partial charge < -0.3 is 4.90 Å². The fraction of sp³-hybridized carbons (Fsp3) is 0.444. The summed E-state index contributed by atoms with van der Waals surface area (Å²) in [6, 6.07) is 3.32. The number of nitrogens with zero attached hydrogens (tertiary/aromatic N) is 6. The summed E-state index contributed by atoms with van der Waals surface area (Å²) in [5, 5.41) is 4.07. The Kier molecular flexibility index (Phi) is 4.83. The van der Waals surface area contributed by atoms with Crippen LogP contribution in [-0.2, 0) is 6.18 Å². The third-order valence-electron chi connectivity index (χ3n) is 4.95. The number of alkyl halides is 5. The van der Waals surface area contributed by atoms with Gasteiger partial charge >= 0.3 is 6.18 Å². The number of pyridine rings is 1. The van der Waals surface area contributed by atoms with Gasteiger partial charge in [-0.3, -0.25) is 0 Å². The maximum absolute atomic E-state index is 13.2. The second-order valence-electron chi connectivity index (χ2n) is 7.02. The van der Waals surface area contributed by atoms with Crippen LogP contribution in [0.4, 0.5) is 27.8 Å². The Bertz CT molecular complexity index is 1030. The molecule has 0 unspecified atom stereocenters. The van der Waals surface area contributed by atoms with Gasteiger partial charge in [0, 0.05) is 24.7 Å². The molecule has 0 spiro atoms. The van der Waals surface area contributed by atoms with Crippen molar-refractivity contribution in [1.29, 1.82) is 0 Å². The van der Waals surface area contributed by atoms with Gasteiger partial charge in [0.1, 0.15) is 17.8 Å². The molecule has 0 saturated carbocycles. The van der Waals surface area contributed by atoms with Gasteiger partial charge in [0.15, 0.2) is 0 Å². The average molecular weight is 412 g/mol. The fourth-order valence-electron chi connectivity index (χ4n) is 3.66. The minimum atomic E-state index is -4.47. The number of piperidine rings is 1. The molecule has 11 heteroatoms. The molecule has 1 atom stereocenters. The number of anilines is 1. The van der Waals surface area contributed by atoms with Gasteiger partial charge in [-0.05, 0) is 38.0 Å². The zero-order chi connectivity index (χ0) is 20.8. The van der Waals surface area contributed by atoms with E-state index in [0.29, 0.717) is 31.6 Å². The second-order valence-corrected chi connectivity index (χ2v) is 7.02. The predicted octanol–water partition coefficient (Wildman–Crippen LogP) is 4.17. The van der Waals surface area contributed by atoms with Gasteiger partial charge in [-0.25, -0.2) is 23.3 Å². The maximum Gasteiger partial charge on any atom is 0.416 e. The van der Waals surface area contributed by atoms with E-state index in [9.17, 15) is 22.0 Å².